The van der Waals surface area contributed by atoms with E-state index in [1.165, 1.54) is 0 Å². The number of fused-ring (bicyclic) bond motifs is 3. The molecule has 86 valence electrons. The van der Waals surface area contributed by atoms with Crippen LogP contribution in [0.5, 0.6) is 0 Å². The molecule has 0 atom stereocenters. The zero-order valence-electron chi connectivity index (χ0n) is 9.74. The molecule has 0 spiro atoms. The molecule has 0 amide bonds. The van der Waals surface area contributed by atoms with E-state index in [1.54, 1.807) is 0 Å². The van der Waals surface area contributed by atoms with Gasteiger partial charge in [-0.25, -0.2) is 5.10 Å². The number of hydrogen-bond donors (Lipinski definition) is 2. The predicted octanol–water partition coefficient (Wildman–Crippen LogP) is 2.53. The lowest BCUT2D eigenvalue weighted by molar-refractivity contribution is 0.790. The van der Waals surface area contributed by atoms with Crippen molar-refractivity contribution < 1.29 is 0 Å². The van der Waals surface area contributed by atoms with Gasteiger partial charge in [-0.15, -0.1) is 0 Å². The van der Waals surface area contributed by atoms with Gasteiger partial charge in [0.1, 0.15) is 0 Å². The number of nitrogens with zero attached hydrogens (tertiary/aromatic N) is 1. The summed E-state index contributed by atoms with van der Waals surface area (Å²) in [5.74, 6) is 0.266. The monoisotopic (exact) mass is 227 g/mol. The highest BCUT2D eigenvalue weighted by atomic mass is 16.1. The summed E-state index contributed by atoms with van der Waals surface area (Å²) in [6.07, 6.45) is 0. The molecule has 1 aromatic carbocycles. The molecule has 4 nitrogen and oxygen atoms in total. The molecular weight excluding hydrogens is 214 g/mol. The third-order valence-electron chi connectivity index (χ3n) is 3.01. The Morgan fingerprint density at radius 2 is 2.00 bits per heavy atom. The minimum atomic E-state index is -0.137. The first kappa shape index (κ1) is 10.1. The normalized spacial score (nSPS) is 11.7. The number of para-hydroxylation sites is 1. The average Bonchev–Trinajstić information content (AvgIpc) is 2.68. The Balaban J connectivity index is 2.59. The molecule has 2 aromatic heterocycles. The zero-order valence-corrected chi connectivity index (χ0v) is 9.74. The maximum Gasteiger partial charge on any atom is 0.274 e. The Hall–Kier alpha value is -2.10. The van der Waals surface area contributed by atoms with Crippen molar-refractivity contribution in [2.75, 3.05) is 0 Å². The van der Waals surface area contributed by atoms with E-state index in [0.717, 1.165) is 22.1 Å². The van der Waals surface area contributed by atoms with Gasteiger partial charge in [0, 0.05) is 10.9 Å². The van der Waals surface area contributed by atoms with Gasteiger partial charge in [0.2, 0.25) is 0 Å². The van der Waals surface area contributed by atoms with E-state index in [-0.39, 0.29) is 11.5 Å². The highest BCUT2D eigenvalue weighted by Crippen LogP contribution is 2.26. The van der Waals surface area contributed by atoms with Crippen molar-refractivity contribution in [1.82, 2.24) is 15.2 Å². The number of aromatic nitrogens is 3. The van der Waals surface area contributed by atoms with Crippen molar-refractivity contribution in [1.29, 1.82) is 0 Å². The molecule has 0 bridgehead atoms. The van der Waals surface area contributed by atoms with Crippen LogP contribution in [-0.2, 0) is 0 Å². The average molecular weight is 227 g/mol. The first-order chi connectivity index (χ1) is 8.18. The summed E-state index contributed by atoms with van der Waals surface area (Å²) in [6.45, 7) is 4.12. The van der Waals surface area contributed by atoms with Crippen molar-refractivity contribution in [3.8, 4) is 0 Å². The minimum absolute atomic E-state index is 0.137. The highest BCUT2D eigenvalue weighted by Gasteiger charge is 2.14. The third-order valence-corrected chi connectivity index (χ3v) is 3.01. The lowest BCUT2D eigenvalue weighted by Gasteiger charge is -2.03. The molecule has 0 saturated heterocycles. The second-order valence-corrected chi connectivity index (χ2v) is 4.51. The second kappa shape index (κ2) is 3.45. The van der Waals surface area contributed by atoms with Gasteiger partial charge in [0.05, 0.1) is 16.6 Å². The van der Waals surface area contributed by atoms with Crippen LogP contribution in [0.1, 0.15) is 25.5 Å². The highest BCUT2D eigenvalue weighted by molar-refractivity contribution is 6.07. The zero-order chi connectivity index (χ0) is 12.0. The van der Waals surface area contributed by atoms with Gasteiger partial charge in [-0.2, -0.15) is 5.10 Å². The molecule has 2 heterocycles. The van der Waals surface area contributed by atoms with Gasteiger partial charge in [0.25, 0.3) is 5.56 Å². The van der Waals surface area contributed by atoms with Gasteiger partial charge >= 0.3 is 0 Å². The van der Waals surface area contributed by atoms with E-state index in [2.05, 4.69) is 29.0 Å². The molecule has 0 aliphatic carbocycles. The number of hydrogen-bond acceptors (Lipinski definition) is 2. The lowest BCUT2D eigenvalue weighted by Crippen LogP contribution is -2.11. The van der Waals surface area contributed by atoms with Crippen LogP contribution < -0.4 is 5.56 Å². The number of rotatable bonds is 1. The van der Waals surface area contributed by atoms with E-state index in [4.69, 9.17) is 0 Å². The van der Waals surface area contributed by atoms with Crippen molar-refractivity contribution in [3.63, 3.8) is 0 Å². The van der Waals surface area contributed by atoms with Gasteiger partial charge in [-0.05, 0) is 12.0 Å². The number of benzene rings is 1. The summed E-state index contributed by atoms with van der Waals surface area (Å²) in [6, 6.07) is 7.81. The van der Waals surface area contributed by atoms with E-state index in [9.17, 15) is 4.79 Å². The van der Waals surface area contributed by atoms with Crippen molar-refractivity contribution in [3.05, 3.63) is 40.3 Å². The first-order valence-corrected chi connectivity index (χ1v) is 5.67. The molecule has 0 aliphatic rings. The Morgan fingerprint density at radius 3 is 2.76 bits per heavy atom. The maximum absolute atomic E-state index is 11.9. The number of H-pyrrole nitrogens is 2. The van der Waals surface area contributed by atoms with E-state index in [0.29, 0.717) is 5.39 Å². The molecular formula is C13H13N3O. The SMILES string of the molecule is CC(C)c1n[nH]c(=O)c2c1[nH]c1ccccc12. The van der Waals surface area contributed by atoms with Crippen LogP contribution in [0.3, 0.4) is 0 Å². The van der Waals surface area contributed by atoms with Crippen molar-refractivity contribution in [2.45, 2.75) is 19.8 Å². The molecule has 0 fully saturated rings. The van der Waals surface area contributed by atoms with E-state index >= 15 is 0 Å². The number of aromatic amines is 2. The molecule has 2 N–H and O–H groups in total. The number of nitrogens with one attached hydrogen (secondary N) is 2. The topological polar surface area (TPSA) is 61.5 Å². The molecule has 17 heavy (non-hydrogen) atoms. The van der Waals surface area contributed by atoms with Crippen LogP contribution in [0.2, 0.25) is 0 Å². The van der Waals surface area contributed by atoms with Crippen LogP contribution >= 0.6 is 0 Å². The summed E-state index contributed by atoms with van der Waals surface area (Å²) in [4.78, 5) is 15.2. The molecule has 3 aromatic rings. The first-order valence-electron chi connectivity index (χ1n) is 5.67. The molecule has 0 unspecified atom stereocenters. The molecule has 3 rings (SSSR count). The minimum Gasteiger partial charge on any atom is -0.353 e. The molecule has 4 heteroatoms. The fourth-order valence-electron chi connectivity index (χ4n) is 2.21. The van der Waals surface area contributed by atoms with Crippen molar-refractivity contribution in [2.24, 2.45) is 0 Å². The van der Waals surface area contributed by atoms with Gasteiger partial charge in [-0.3, -0.25) is 4.79 Å². The summed E-state index contributed by atoms with van der Waals surface area (Å²) < 4.78 is 0. The van der Waals surface area contributed by atoms with Crippen LogP contribution in [-0.4, -0.2) is 15.2 Å². The largest absolute Gasteiger partial charge is 0.353 e. The smallest absolute Gasteiger partial charge is 0.274 e. The summed E-state index contributed by atoms with van der Waals surface area (Å²) in [5.41, 5.74) is 2.59. The Kier molecular flexibility index (Phi) is 2.04. The fraction of sp³-hybridized carbons (Fsp3) is 0.231. The Labute approximate surface area is 97.7 Å². The maximum atomic E-state index is 11.9. The predicted molar refractivity (Wildman–Crippen MR) is 68.3 cm³/mol. The second-order valence-electron chi connectivity index (χ2n) is 4.51. The Bertz CT molecular complexity index is 752. The van der Waals surface area contributed by atoms with Gasteiger partial charge in [0.15, 0.2) is 0 Å². The van der Waals surface area contributed by atoms with Crippen LogP contribution in [0.25, 0.3) is 21.8 Å². The molecule has 0 aliphatic heterocycles. The van der Waals surface area contributed by atoms with Crippen LogP contribution in [0.15, 0.2) is 29.1 Å². The van der Waals surface area contributed by atoms with Crippen LogP contribution in [0.4, 0.5) is 0 Å². The summed E-state index contributed by atoms with van der Waals surface area (Å²) in [7, 11) is 0. The molecule has 0 radical (unpaired) electrons. The fourth-order valence-corrected chi connectivity index (χ4v) is 2.21. The van der Waals surface area contributed by atoms with E-state index < -0.39 is 0 Å². The Morgan fingerprint density at radius 1 is 1.24 bits per heavy atom. The molecule has 0 saturated carbocycles. The third kappa shape index (κ3) is 1.37. The van der Waals surface area contributed by atoms with Gasteiger partial charge < -0.3 is 4.98 Å². The lowest BCUT2D eigenvalue weighted by atomic mass is 10.1. The van der Waals surface area contributed by atoms with Gasteiger partial charge in [-0.1, -0.05) is 32.0 Å². The quantitative estimate of drug-likeness (QED) is 0.671. The summed E-state index contributed by atoms with van der Waals surface area (Å²) in [5, 5.41) is 8.37. The van der Waals surface area contributed by atoms with E-state index in [1.807, 2.05) is 24.3 Å². The van der Waals surface area contributed by atoms with Crippen molar-refractivity contribution >= 4 is 21.8 Å². The standard InChI is InChI=1S/C13H13N3O/c1-7(2)11-12-10(13(17)16-15-11)8-5-3-4-6-9(8)14-12/h3-7,14H,1-2H3,(H,16,17). The summed E-state index contributed by atoms with van der Waals surface area (Å²) >= 11 is 0. The van der Waals surface area contributed by atoms with Crippen LogP contribution in [0, 0.1) is 0 Å².